The molecule has 2 heterocycles. The minimum absolute atomic E-state index is 0.0930. The number of nitrogens with one attached hydrogen (secondary N) is 1. The number of hydrogen-bond acceptors (Lipinski definition) is 6. The van der Waals surface area contributed by atoms with Crippen LogP contribution in [-0.4, -0.2) is 40.0 Å². The highest BCUT2D eigenvalue weighted by atomic mass is 16.5. The van der Waals surface area contributed by atoms with Crippen molar-refractivity contribution in [2.45, 2.75) is 70.2 Å². The van der Waals surface area contributed by atoms with E-state index in [-0.39, 0.29) is 17.4 Å². The van der Waals surface area contributed by atoms with E-state index in [4.69, 9.17) is 4.74 Å². The fourth-order valence-electron chi connectivity index (χ4n) is 6.05. The maximum atomic E-state index is 14.6. The number of aromatic nitrogens is 1. The van der Waals surface area contributed by atoms with Crippen LogP contribution in [0.4, 0.5) is 5.69 Å². The highest BCUT2D eigenvalue weighted by Gasteiger charge is 2.40. The molecule has 2 unspecified atom stereocenters. The number of aliphatic imine (C=N–C) groups is 1. The number of anilines is 1. The van der Waals surface area contributed by atoms with Gasteiger partial charge in [0.05, 0.1) is 17.8 Å². The molecule has 0 radical (unpaired) electrons. The number of pyridine rings is 1. The number of rotatable bonds is 6. The van der Waals surface area contributed by atoms with Crippen LogP contribution in [0, 0.1) is 0 Å². The van der Waals surface area contributed by atoms with Crippen molar-refractivity contribution in [3.8, 4) is 0 Å². The summed E-state index contributed by atoms with van der Waals surface area (Å²) in [5, 5.41) is 14.0. The largest absolute Gasteiger partial charge is 0.471 e. The Morgan fingerprint density at radius 1 is 1.02 bits per heavy atom. The lowest BCUT2D eigenvalue weighted by molar-refractivity contribution is -0.126. The fraction of sp³-hybridized carbons (Fsp3) is 0.314. The minimum Gasteiger partial charge on any atom is -0.471 e. The number of carbonyl (C=O) groups is 2. The third kappa shape index (κ3) is 5.62. The Morgan fingerprint density at radius 2 is 1.79 bits per heavy atom. The van der Waals surface area contributed by atoms with Gasteiger partial charge in [0.15, 0.2) is 5.90 Å². The summed E-state index contributed by atoms with van der Waals surface area (Å²) in [7, 11) is 0. The fourth-order valence-corrected chi connectivity index (χ4v) is 6.05. The first-order valence-corrected chi connectivity index (χ1v) is 14.6. The van der Waals surface area contributed by atoms with Crippen LogP contribution in [-0.2, 0) is 26.2 Å². The zero-order chi connectivity index (χ0) is 30.3. The second-order valence-electron chi connectivity index (χ2n) is 12.3. The Bertz CT molecular complexity index is 1640. The van der Waals surface area contributed by atoms with Gasteiger partial charge in [0, 0.05) is 49.0 Å². The number of ether oxygens (including phenoxy) is 1. The number of hydrogen-bond donors (Lipinski definition) is 2. The lowest BCUT2D eigenvalue weighted by atomic mass is 9.87. The van der Waals surface area contributed by atoms with Crippen LogP contribution in [0.15, 0.2) is 101 Å². The Kier molecular flexibility index (Phi) is 7.48. The van der Waals surface area contributed by atoms with Crippen molar-refractivity contribution >= 4 is 23.4 Å². The SMILES string of the molecule is CC1=NC2=CC=C(C(=O)N(c3ccc(C(C)(C)C)cc3)C(C(=O)N[C@H]3c4ccccc4C[C@H]3O)c3cccnc3)CC2O1. The minimum atomic E-state index is -1.06. The molecule has 2 N–H and O–H groups in total. The maximum Gasteiger partial charge on any atom is 0.255 e. The average molecular weight is 577 g/mol. The smallest absolute Gasteiger partial charge is 0.255 e. The first-order chi connectivity index (χ1) is 20.6. The molecule has 220 valence electrons. The number of nitrogens with zero attached hydrogens (tertiary/aromatic N) is 3. The van der Waals surface area contributed by atoms with Gasteiger partial charge in [0.25, 0.3) is 5.91 Å². The van der Waals surface area contributed by atoms with E-state index in [1.165, 1.54) is 0 Å². The molecular formula is C35H36N4O4. The zero-order valence-electron chi connectivity index (χ0n) is 24.8. The molecule has 3 aromatic rings. The van der Waals surface area contributed by atoms with Gasteiger partial charge in [0.2, 0.25) is 5.91 Å². The van der Waals surface area contributed by atoms with Crippen LogP contribution in [0.3, 0.4) is 0 Å². The van der Waals surface area contributed by atoms with Gasteiger partial charge in [-0.05, 0) is 46.4 Å². The molecule has 43 heavy (non-hydrogen) atoms. The van der Waals surface area contributed by atoms with Crippen LogP contribution < -0.4 is 10.2 Å². The molecule has 0 fully saturated rings. The second-order valence-corrected chi connectivity index (χ2v) is 12.3. The average Bonchev–Trinajstić information content (AvgIpc) is 3.52. The number of amides is 2. The molecule has 1 aromatic heterocycles. The van der Waals surface area contributed by atoms with Gasteiger partial charge in [-0.25, -0.2) is 4.99 Å². The molecule has 0 saturated heterocycles. The number of benzene rings is 2. The lowest BCUT2D eigenvalue weighted by Gasteiger charge is -2.34. The summed E-state index contributed by atoms with van der Waals surface area (Å²) in [5.41, 5.74) is 5.30. The third-order valence-electron chi connectivity index (χ3n) is 8.30. The summed E-state index contributed by atoms with van der Waals surface area (Å²) in [6.45, 7) is 8.18. The van der Waals surface area contributed by atoms with E-state index in [1.54, 1.807) is 42.4 Å². The Balaban J connectivity index is 1.43. The quantitative estimate of drug-likeness (QED) is 0.417. The summed E-state index contributed by atoms with van der Waals surface area (Å²) in [6.07, 6.45) is 6.48. The van der Waals surface area contributed by atoms with Gasteiger partial charge < -0.3 is 15.2 Å². The highest BCUT2D eigenvalue weighted by molar-refractivity contribution is 6.10. The van der Waals surface area contributed by atoms with Crippen molar-refractivity contribution in [1.82, 2.24) is 10.3 Å². The van der Waals surface area contributed by atoms with Crippen LogP contribution in [0.1, 0.15) is 68.5 Å². The molecule has 2 aliphatic carbocycles. The van der Waals surface area contributed by atoms with Crippen molar-refractivity contribution in [3.63, 3.8) is 0 Å². The molecule has 0 spiro atoms. The van der Waals surface area contributed by atoms with Crippen LogP contribution in [0.25, 0.3) is 0 Å². The van der Waals surface area contributed by atoms with Gasteiger partial charge in [-0.3, -0.25) is 19.5 Å². The molecule has 0 bridgehead atoms. The van der Waals surface area contributed by atoms with Crippen molar-refractivity contribution in [2.24, 2.45) is 4.99 Å². The molecule has 6 rings (SSSR count). The molecule has 0 saturated carbocycles. The number of allylic oxidation sites excluding steroid dienone is 2. The normalized spacial score (nSPS) is 21.4. The maximum absolute atomic E-state index is 14.6. The van der Waals surface area contributed by atoms with Crippen LogP contribution in [0.2, 0.25) is 0 Å². The van der Waals surface area contributed by atoms with Crippen molar-refractivity contribution in [3.05, 3.63) is 119 Å². The molecule has 8 heteroatoms. The lowest BCUT2D eigenvalue weighted by Crippen LogP contribution is -2.47. The summed E-state index contributed by atoms with van der Waals surface area (Å²) < 4.78 is 5.86. The molecule has 2 aromatic carbocycles. The summed E-state index contributed by atoms with van der Waals surface area (Å²) >= 11 is 0. The van der Waals surface area contributed by atoms with E-state index in [2.05, 4.69) is 36.1 Å². The zero-order valence-corrected chi connectivity index (χ0v) is 24.8. The molecule has 4 atom stereocenters. The summed E-state index contributed by atoms with van der Waals surface area (Å²) in [4.78, 5) is 39.2. The molecule has 3 aliphatic rings. The number of carbonyl (C=O) groups excluding carboxylic acids is 2. The van der Waals surface area contributed by atoms with Crippen LogP contribution >= 0.6 is 0 Å². The van der Waals surface area contributed by atoms with Crippen molar-refractivity contribution in [2.75, 3.05) is 4.90 Å². The first-order valence-electron chi connectivity index (χ1n) is 14.6. The number of aliphatic hydroxyl groups excluding tert-OH is 1. The molecule has 2 amide bonds. The predicted octanol–water partition coefficient (Wildman–Crippen LogP) is 5.26. The second kappa shape index (κ2) is 11.3. The number of fused-ring (bicyclic) bond motifs is 2. The number of aliphatic hydroxyl groups is 1. The Labute approximate surface area is 251 Å². The predicted molar refractivity (Wildman–Crippen MR) is 165 cm³/mol. The Hall–Kier alpha value is -4.56. The van der Waals surface area contributed by atoms with Gasteiger partial charge in [-0.2, -0.15) is 0 Å². The Morgan fingerprint density at radius 3 is 2.51 bits per heavy atom. The summed E-state index contributed by atoms with van der Waals surface area (Å²) in [5.74, 6) is -0.162. The molecule has 8 nitrogen and oxygen atoms in total. The molecule has 1 aliphatic heterocycles. The van der Waals surface area contributed by atoms with E-state index in [0.717, 1.165) is 22.4 Å². The first kappa shape index (κ1) is 28.6. The van der Waals surface area contributed by atoms with E-state index < -0.39 is 24.1 Å². The molecular weight excluding hydrogens is 540 g/mol. The standard InChI is InChI=1S/C35H36N4O4/c1-21-37-28-16-11-23(19-30(28)43-21)34(42)39(26-14-12-25(13-15-26)35(2,3)4)32(24-9-7-17-36-20-24)33(41)38-31-27-10-6-5-8-22(27)18-29(31)40/h5-17,20,29-32,40H,18-19H2,1-4H3,(H,38,41)/t29-,30?,31+,32?/m1/s1. The van der Waals surface area contributed by atoms with Gasteiger partial charge in [0.1, 0.15) is 12.1 Å². The topological polar surface area (TPSA) is 104 Å². The highest BCUT2D eigenvalue weighted by Crippen LogP contribution is 2.37. The van der Waals surface area contributed by atoms with Crippen molar-refractivity contribution in [1.29, 1.82) is 0 Å². The van der Waals surface area contributed by atoms with Gasteiger partial charge in [-0.1, -0.05) is 69.3 Å². The van der Waals surface area contributed by atoms with Crippen molar-refractivity contribution < 1.29 is 19.4 Å². The van der Waals surface area contributed by atoms with Gasteiger partial charge in [-0.15, -0.1) is 0 Å². The van der Waals surface area contributed by atoms with E-state index in [0.29, 0.717) is 35.6 Å². The van der Waals surface area contributed by atoms with Gasteiger partial charge >= 0.3 is 0 Å². The van der Waals surface area contributed by atoms with E-state index >= 15 is 0 Å². The van der Waals surface area contributed by atoms with E-state index in [1.807, 2.05) is 54.6 Å². The van der Waals surface area contributed by atoms with E-state index in [9.17, 15) is 14.7 Å². The third-order valence-corrected chi connectivity index (χ3v) is 8.30. The monoisotopic (exact) mass is 576 g/mol. The van der Waals surface area contributed by atoms with Crippen LogP contribution in [0.5, 0.6) is 0 Å². The summed E-state index contributed by atoms with van der Waals surface area (Å²) in [6, 6.07) is 17.4.